The van der Waals surface area contributed by atoms with Gasteiger partial charge >= 0.3 is 0 Å². The first kappa shape index (κ1) is 16.9. The quantitative estimate of drug-likeness (QED) is 0.501. The number of amides is 2. The maximum Gasteiger partial charge on any atom is 0.222 e. The zero-order chi connectivity index (χ0) is 14.0. The minimum absolute atomic E-state index is 0.0654. The Hall–Kier alpha value is -1.14. The van der Waals surface area contributed by atoms with Crippen LogP contribution in [0.4, 0.5) is 0 Å². The molecule has 0 spiro atoms. The average Bonchev–Trinajstić information content (AvgIpc) is 2.23. The Morgan fingerprint density at radius 3 is 2.39 bits per heavy atom. The molecule has 0 aliphatic heterocycles. The summed E-state index contributed by atoms with van der Waals surface area (Å²) in [6, 6.07) is 0. The number of nitrogens with one attached hydrogen (secondary N) is 2. The van der Waals surface area contributed by atoms with Crippen LogP contribution in [0.3, 0.4) is 0 Å². The average molecular weight is 260 g/mol. The molecule has 0 radical (unpaired) electrons. The maximum absolute atomic E-state index is 11.4. The predicted molar refractivity (Wildman–Crippen MR) is 68.0 cm³/mol. The zero-order valence-corrected chi connectivity index (χ0v) is 11.4. The number of aliphatic hydroxyl groups is 1. The second-order valence-corrected chi connectivity index (χ2v) is 4.66. The van der Waals surface area contributed by atoms with Crippen LogP contribution in [-0.2, 0) is 14.3 Å². The molecule has 106 valence electrons. The number of carbonyl (C=O) groups is 2. The fourth-order valence-corrected chi connectivity index (χ4v) is 1.29. The van der Waals surface area contributed by atoms with Gasteiger partial charge in [0.25, 0.3) is 0 Å². The van der Waals surface area contributed by atoms with E-state index in [-0.39, 0.29) is 24.8 Å². The molecular weight excluding hydrogens is 236 g/mol. The van der Waals surface area contributed by atoms with Gasteiger partial charge < -0.3 is 20.5 Å². The van der Waals surface area contributed by atoms with Crippen molar-refractivity contribution < 1.29 is 19.4 Å². The van der Waals surface area contributed by atoms with Crippen LogP contribution >= 0.6 is 0 Å². The van der Waals surface area contributed by atoms with E-state index in [2.05, 4.69) is 10.6 Å². The topological polar surface area (TPSA) is 87.7 Å². The minimum atomic E-state index is -0.411. The number of rotatable bonds is 9. The van der Waals surface area contributed by atoms with Gasteiger partial charge in [-0.2, -0.15) is 0 Å². The van der Waals surface area contributed by atoms with Crippen molar-refractivity contribution in [3.05, 3.63) is 0 Å². The van der Waals surface area contributed by atoms with Gasteiger partial charge in [-0.15, -0.1) is 0 Å². The first-order valence-electron chi connectivity index (χ1n) is 6.13. The van der Waals surface area contributed by atoms with Crippen molar-refractivity contribution >= 4 is 11.8 Å². The highest BCUT2D eigenvalue weighted by molar-refractivity contribution is 5.76. The molecule has 18 heavy (non-hydrogen) atoms. The molecule has 0 fully saturated rings. The van der Waals surface area contributed by atoms with E-state index in [1.54, 1.807) is 0 Å². The maximum atomic E-state index is 11.4. The van der Waals surface area contributed by atoms with Crippen LogP contribution in [-0.4, -0.2) is 48.8 Å². The first-order chi connectivity index (χ1) is 8.37. The van der Waals surface area contributed by atoms with Crippen LogP contribution in [0.25, 0.3) is 0 Å². The molecule has 0 aromatic heterocycles. The third-order valence-corrected chi connectivity index (χ3v) is 2.36. The Morgan fingerprint density at radius 2 is 1.83 bits per heavy atom. The summed E-state index contributed by atoms with van der Waals surface area (Å²) in [5.74, 6) is -0.224. The van der Waals surface area contributed by atoms with E-state index in [1.807, 2.05) is 13.8 Å². The lowest BCUT2D eigenvalue weighted by Crippen LogP contribution is -2.34. The lowest BCUT2D eigenvalue weighted by Gasteiger charge is -2.24. The summed E-state index contributed by atoms with van der Waals surface area (Å²) < 4.78 is 5.49. The summed E-state index contributed by atoms with van der Waals surface area (Å²) >= 11 is 0. The van der Waals surface area contributed by atoms with E-state index in [9.17, 15) is 9.59 Å². The Balaban J connectivity index is 3.56. The number of carbonyl (C=O) groups excluding carboxylic acids is 2. The second-order valence-electron chi connectivity index (χ2n) is 4.66. The summed E-state index contributed by atoms with van der Waals surface area (Å²) in [5.41, 5.74) is -0.411. The molecule has 0 aliphatic carbocycles. The van der Waals surface area contributed by atoms with Crippen molar-refractivity contribution in [1.29, 1.82) is 0 Å². The number of hydrogen-bond acceptors (Lipinski definition) is 4. The summed E-state index contributed by atoms with van der Waals surface area (Å²) in [4.78, 5) is 21.9. The van der Waals surface area contributed by atoms with Crippen LogP contribution in [0.15, 0.2) is 0 Å². The first-order valence-corrected chi connectivity index (χ1v) is 6.13. The van der Waals surface area contributed by atoms with Gasteiger partial charge in [0.1, 0.15) is 0 Å². The molecule has 0 aliphatic rings. The molecule has 0 saturated carbocycles. The molecule has 6 heteroatoms. The molecule has 0 saturated heterocycles. The molecule has 0 bridgehead atoms. The standard InChI is InChI=1S/C12H24N2O4/c1-10(16)13-6-7-14-11(17)4-9-18-12(2,3)5-8-15/h15H,4-9H2,1-3H3,(H,13,16)(H,14,17). The summed E-state index contributed by atoms with van der Waals surface area (Å²) in [6.45, 7) is 6.40. The lowest BCUT2D eigenvalue weighted by atomic mass is 10.1. The van der Waals surface area contributed by atoms with Crippen molar-refractivity contribution in [3.8, 4) is 0 Å². The van der Waals surface area contributed by atoms with E-state index in [1.165, 1.54) is 6.92 Å². The van der Waals surface area contributed by atoms with Crippen molar-refractivity contribution in [2.24, 2.45) is 0 Å². The molecule has 0 atom stereocenters. The molecule has 0 heterocycles. The van der Waals surface area contributed by atoms with Crippen LogP contribution < -0.4 is 10.6 Å². The molecule has 0 aromatic rings. The minimum Gasteiger partial charge on any atom is -0.396 e. The van der Waals surface area contributed by atoms with Gasteiger partial charge in [0.2, 0.25) is 11.8 Å². The fourth-order valence-electron chi connectivity index (χ4n) is 1.29. The Labute approximate surface area is 108 Å². The number of ether oxygens (including phenoxy) is 1. The molecule has 3 N–H and O–H groups in total. The van der Waals surface area contributed by atoms with Crippen molar-refractivity contribution in [2.45, 2.75) is 39.2 Å². The van der Waals surface area contributed by atoms with E-state index < -0.39 is 5.60 Å². The van der Waals surface area contributed by atoms with Gasteiger partial charge in [-0.25, -0.2) is 0 Å². The highest BCUT2D eigenvalue weighted by Crippen LogP contribution is 2.13. The second kappa shape index (κ2) is 8.88. The molecule has 0 aromatic carbocycles. The highest BCUT2D eigenvalue weighted by atomic mass is 16.5. The number of hydrogen-bond donors (Lipinski definition) is 3. The smallest absolute Gasteiger partial charge is 0.222 e. The van der Waals surface area contributed by atoms with Crippen molar-refractivity contribution in [2.75, 3.05) is 26.3 Å². The predicted octanol–water partition coefficient (Wildman–Crippen LogP) is -0.194. The summed E-state index contributed by atoms with van der Waals surface area (Å²) in [5, 5.41) is 14.1. The van der Waals surface area contributed by atoms with E-state index in [0.29, 0.717) is 26.1 Å². The van der Waals surface area contributed by atoms with Gasteiger partial charge in [0.15, 0.2) is 0 Å². The van der Waals surface area contributed by atoms with Gasteiger partial charge in [0, 0.05) is 33.0 Å². The van der Waals surface area contributed by atoms with Gasteiger partial charge in [0.05, 0.1) is 12.2 Å². The lowest BCUT2D eigenvalue weighted by molar-refractivity contribution is -0.124. The van der Waals surface area contributed by atoms with Crippen LogP contribution in [0.2, 0.25) is 0 Å². The molecule has 6 nitrogen and oxygen atoms in total. The highest BCUT2D eigenvalue weighted by Gasteiger charge is 2.17. The molecular formula is C12H24N2O4. The van der Waals surface area contributed by atoms with Crippen molar-refractivity contribution in [3.63, 3.8) is 0 Å². The Kier molecular flexibility index (Phi) is 8.32. The largest absolute Gasteiger partial charge is 0.396 e. The molecule has 2 amide bonds. The SMILES string of the molecule is CC(=O)NCCNC(=O)CCOC(C)(C)CCO. The van der Waals surface area contributed by atoms with Crippen LogP contribution in [0.5, 0.6) is 0 Å². The zero-order valence-electron chi connectivity index (χ0n) is 11.4. The Morgan fingerprint density at radius 1 is 1.22 bits per heavy atom. The van der Waals surface area contributed by atoms with E-state index >= 15 is 0 Å². The third-order valence-electron chi connectivity index (χ3n) is 2.36. The normalized spacial score (nSPS) is 11.1. The molecule has 0 unspecified atom stereocenters. The monoisotopic (exact) mass is 260 g/mol. The van der Waals surface area contributed by atoms with Gasteiger partial charge in [-0.1, -0.05) is 0 Å². The summed E-state index contributed by atoms with van der Waals surface area (Å²) in [7, 11) is 0. The van der Waals surface area contributed by atoms with Crippen molar-refractivity contribution in [1.82, 2.24) is 10.6 Å². The fraction of sp³-hybridized carbons (Fsp3) is 0.833. The molecule has 0 rings (SSSR count). The van der Waals surface area contributed by atoms with Gasteiger partial charge in [-0.3, -0.25) is 9.59 Å². The summed E-state index contributed by atoms with van der Waals surface area (Å²) in [6.07, 6.45) is 0.812. The van der Waals surface area contributed by atoms with E-state index in [0.717, 1.165) is 0 Å². The third kappa shape index (κ3) is 10.0. The van der Waals surface area contributed by atoms with Crippen LogP contribution in [0.1, 0.15) is 33.6 Å². The number of aliphatic hydroxyl groups excluding tert-OH is 1. The Bertz CT molecular complexity index is 267. The van der Waals surface area contributed by atoms with Gasteiger partial charge in [-0.05, 0) is 20.3 Å². The van der Waals surface area contributed by atoms with E-state index in [4.69, 9.17) is 9.84 Å². The van der Waals surface area contributed by atoms with Crippen LogP contribution in [0, 0.1) is 0 Å².